The summed E-state index contributed by atoms with van der Waals surface area (Å²) in [5.74, 6) is 1.21. The maximum Gasteiger partial charge on any atom is 0.416 e. The number of thioether (sulfide) groups is 1. The average molecular weight is 382 g/mol. The minimum Gasteiger partial charge on any atom is -0.382 e. The van der Waals surface area contributed by atoms with Crippen LogP contribution in [0.25, 0.3) is 0 Å². The van der Waals surface area contributed by atoms with Gasteiger partial charge in [-0.2, -0.15) is 24.9 Å². The number of hydrogen-bond donors (Lipinski definition) is 3. The number of carbonyl (C=O) groups excluding carboxylic acids is 1. The Morgan fingerprint density at radius 3 is 2.73 bits per heavy atom. The topological polar surface area (TPSA) is 61.4 Å². The normalized spacial score (nSPS) is 19.5. The van der Waals surface area contributed by atoms with Gasteiger partial charge in [0, 0.05) is 17.2 Å². The number of fused-ring (bicyclic) bond motifs is 1. The quantitative estimate of drug-likeness (QED) is 0.753. The molecule has 2 aromatic rings. The summed E-state index contributed by atoms with van der Waals surface area (Å²) in [7, 11) is 0. The summed E-state index contributed by atoms with van der Waals surface area (Å²) < 4.78 is 38.2. The van der Waals surface area contributed by atoms with Gasteiger partial charge in [-0.1, -0.05) is 30.3 Å². The number of benzene rings is 2. The average Bonchev–Trinajstić information content (AvgIpc) is 2.60. The fourth-order valence-electron chi connectivity index (χ4n) is 2.83. The standard InChI is InChI=1S/C18H17F3N2O2S/c19-18(20,21)13-5-3-6-14(8-13)23-16(24)22-10-17(25)11-26-9-12-4-1-2-7-15(12)17/h1-8,25H,9-11H2,(H2,22,23,24). The molecule has 1 unspecified atom stereocenters. The summed E-state index contributed by atoms with van der Waals surface area (Å²) in [6.45, 7) is -0.0399. The van der Waals surface area contributed by atoms with Crippen LogP contribution in [0.3, 0.4) is 0 Å². The largest absolute Gasteiger partial charge is 0.416 e. The number of hydrogen-bond acceptors (Lipinski definition) is 3. The number of rotatable bonds is 3. The predicted octanol–water partition coefficient (Wildman–Crippen LogP) is 3.96. The maximum atomic E-state index is 12.7. The Morgan fingerprint density at radius 1 is 1.19 bits per heavy atom. The summed E-state index contributed by atoms with van der Waals surface area (Å²) >= 11 is 1.56. The van der Waals surface area contributed by atoms with Crippen molar-refractivity contribution in [3.63, 3.8) is 0 Å². The zero-order valence-corrected chi connectivity index (χ0v) is 14.5. The molecular weight excluding hydrogens is 365 g/mol. The Labute approximate surface area is 152 Å². The molecule has 0 aliphatic carbocycles. The molecule has 0 fully saturated rings. The number of anilines is 1. The van der Waals surface area contributed by atoms with Crippen molar-refractivity contribution < 1.29 is 23.1 Å². The van der Waals surface area contributed by atoms with Gasteiger partial charge in [-0.15, -0.1) is 0 Å². The molecule has 0 saturated heterocycles. The summed E-state index contributed by atoms with van der Waals surface area (Å²) in [5.41, 5.74) is -0.260. The lowest BCUT2D eigenvalue weighted by atomic mass is 9.91. The molecule has 1 heterocycles. The van der Waals surface area contributed by atoms with E-state index in [4.69, 9.17) is 0 Å². The fourth-order valence-corrected chi connectivity index (χ4v) is 4.00. The lowest BCUT2D eigenvalue weighted by Crippen LogP contribution is -2.45. The van der Waals surface area contributed by atoms with E-state index in [0.717, 1.165) is 29.0 Å². The first-order valence-corrected chi connectivity index (χ1v) is 9.04. The Balaban J connectivity index is 1.65. The van der Waals surface area contributed by atoms with E-state index >= 15 is 0 Å². The number of halogens is 3. The van der Waals surface area contributed by atoms with Gasteiger partial charge in [-0.25, -0.2) is 4.79 Å². The van der Waals surface area contributed by atoms with E-state index in [2.05, 4.69) is 10.6 Å². The predicted molar refractivity (Wildman–Crippen MR) is 95.0 cm³/mol. The van der Waals surface area contributed by atoms with Crippen LogP contribution in [0, 0.1) is 0 Å². The number of alkyl halides is 3. The second-order valence-corrected chi connectivity index (χ2v) is 7.05. The van der Waals surface area contributed by atoms with E-state index in [1.165, 1.54) is 12.1 Å². The van der Waals surface area contributed by atoms with Crippen LogP contribution in [0.2, 0.25) is 0 Å². The van der Waals surface area contributed by atoms with Gasteiger partial charge >= 0.3 is 12.2 Å². The van der Waals surface area contributed by atoms with Crippen LogP contribution in [0.1, 0.15) is 16.7 Å². The van der Waals surface area contributed by atoms with Gasteiger partial charge in [-0.05, 0) is 29.3 Å². The van der Waals surface area contributed by atoms with Gasteiger partial charge < -0.3 is 15.7 Å². The molecule has 0 radical (unpaired) electrons. The summed E-state index contributed by atoms with van der Waals surface area (Å²) in [5, 5.41) is 15.8. The van der Waals surface area contributed by atoms with Crippen molar-refractivity contribution in [1.82, 2.24) is 5.32 Å². The Hall–Kier alpha value is -2.19. The van der Waals surface area contributed by atoms with Crippen LogP contribution >= 0.6 is 11.8 Å². The Bertz CT molecular complexity index is 813. The molecule has 2 amide bonds. The van der Waals surface area contributed by atoms with E-state index in [0.29, 0.717) is 5.75 Å². The zero-order valence-electron chi connectivity index (χ0n) is 13.6. The van der Waals surface area contributed by atoms with Crippen molar-refractivity contribution in [3.8, 4) is 0 Å². The van der Waals surface area contributed by atoms with Gasteiger partial charge in [0.25, 0.3) is 0 Å². The first-order valence-electron chi connectivity index (χ1n) is 7.88. The van der Waals surface area contributed by atoms with Gasteiger partial charge in [0.05, 0.1) is 12.1 Å². The lowest BCUT2D eigenvalue weighted by Gasteiger charge is -2.34. The van der Waals surface area contributed by atoms with E-state index in [9.17, 15) is 23.1 Å². The monoisotopic (exact) mass is 382 g/mol. The van der Waals surface area contributed by atoms with Crippen molar-refractivity contribution >= 4 is 23.5 Å². The summed E-state index contributed by atoms with van der Waals surface area (Å²) in [6, 6.07) is 11.2. The minimum atomic E-state index is -4.48. The number of nitrogens with one attached hydrogen (secondary N) is 2. The highest BCUT2D eigenvalue weighted by molar-refractivity contribution is 7.98. The molecule has 4 nitrogen and oxygen atoms in total. The zero-order chi connectivity index (χ0) is 18.8. The molecule has 1 aliphatic heterocycles. The molecule has 1 aliphatic rings. The van der Waals surface area contributed by atoms with Gasteiger partial charge in [0.15, 0.2) is 0 Å². The molecule has 3 N–H and O–H groups in total. The molecule has 8 heteroatoms. The molecule has 0 saturated carbocycles. The van der Waals surface area contributed by atoms with E-state index < -0.39 is 23.4 Å². The molecule has 138 valence electrons. The maximum absolute atomic E-state index is 12.7. The van der Waals surface area contributed by atoms with Crippen molar-refractivity contribution in [2.45, 2.75) is 17.5 Å². The number of urea groups is 1. The molecule has 0 bridgehead atoms. The minimum absolute atomic E-state index is 0.0303. The number of aliphatic hydroxyl groups is 1. The van der Waals surface area contributed by atoms with Gasteiger partial charge in [-0.3, -0.25) is 0 Å². The summed E-state index contributed by atoms with van der Waals surface area (Å²) in [6.07, 6.45) is -4.48. The smallest absolute Gasteiger partial charge is 0.382 e. The fraction of sp³-hybridized carbons (Fsp3) is 0.278. The first-order chi connectivity index (χ1) is 12.3. The van der Waals surface area contributed by atoms with E-state index in [-0.39, 0.29) is 12.2 Å². The highest BCUT2D eigenvalue weighted by Crippen LogP contribution is 2.36. The molecule has 26 heavy (non-hydrogen) atoms. The number of amides is 2. The van der Waals surface area contributed by atoms with Gasteiger partial charge in [0.2, 0.25) is 0 Å². The van der Waals surface area contributed by atoms with Crippen molar-refractivity contribution in [3.05, 3.63) is 65.2 Å². The molecule has 0 aromatic heterocycles. The van der Waals surface area contributed by atoms with Crippen LogP contribution in [-0.4, -0.2) is 23.4 Å². The second-order valence-electron chi connectivity index (χ2n) is 6.07. The highest BCUT2D eigenvalue weighted by Gasteiger charge is 2.35. The SMILES string of the molecule is O=C(NCC1(O)CSCc2ccccc21)Nc1cccc(C(F)(F)F)c1. The molecule has 0 spiro atoms. The van der Waals surface area contributed by atoms with Crippen molar-refractivity contribution in [1.29, 1.82) is 0 Å². The van der Waals surface area contributed by atoms with Crippen LogP contribution < -0.4 is 10.6 Å². The molecule has 1 atom stereocenters. The van der Waals surface area contributed by atoms with Crippen LogP contribution in [-0.2, 0) is 17.5 Å². The summed E-state index contributed by atoms with van der Waals surface area (Å²) in [4.78, 5) is 12.0. The highest BCUT2D eigenvalue weighted by atomic mass is 32.2. The molecule has 2 aromatic carbocycles. The molecular formula is C18H17F3N2O2S. The molecule has 3 rings (SSSR count). The second kappa shape index (κ2) is 7.20. The Kier molecular flexibility index (Phi) is 5.15. The third kappa shape index (κ3) is 4.13. The van der Waals surface area contributed by atoms with E-state index in [1.54, 1.807) is 11.8 Å². The van der Waals surface area contributed by atoms with Crippen LogP contribution in [0.15, 0.2) is 48.5 Å². The lowest BCUT2D eigenvalue weighted by molar-refractivity contribution is -0.137. The van der Waals surface area contributed by atoms with Crippen molar-refractivity contribution in [2.24, 2.45) is 0 Å². The van der Waals surface area contributed by atoms with Crippen molar-refractivity contribution in [2.75, 3.05) is 17.6 Å². The first kappa shape index (κ1) is 18.6. The number of carbonyl (C=O) groups is 1. The third-order valence-electron chi connectivity index (χ3n) is 4.11. The third-order valence-corrected chi connectivity index (χ3v) is 5.30. The van der Waals surface area contributed by atoms with Crippen LogP contribution in [0.5, 0.6) is 0 Å². The van der Waals surface area contributed by atoms with E-state index in [1.807, 2.05) is 24.3 Å². The van der Waals surface area contributed by atoms with Crippen LogP contribution in [0.4, 0.5) is 23.7 Å². The van der Waals surface area contributed by atoms with Gasteiger partial charge in [0.1, 0.15) is 5.60 Å². The Morgan fingerprint density at radius 2 is 1.96 bits per heavy atom.